The first kappa shape index (κ1) is 10.6. The molecule has 2 aromatic rings. The van der Waals surface area contributed by atoms with Gasteiger partial charge in [0.15, 0.2) is 5.78 Å². The van der Waals surface area contributed by atoms with Gasteiger partial charge in [-0.25, -0.2) is 0 Å². The Bertz CT molecular complexity index is 607. The molecule has 1 heterocycles. The first-order chi connectivity index (χ1) is 8.08. The molecular weight excluding hydrogens is 212 g/mol. The number of rotatable bonds is 0. The average Bonchev–Trinajstić information content (AvgIpc) is 2.66. The summed E-state index contributed by atoms with van der Waals surface area (Å²) in [7, 11) is 0. The molecule has 0 spiro atoms. The second kappa shape index (κ2) is 3.46. The molecular formula is C15H16O2. The molecule has 1 aromatic heterocycles. The Labute approximate surface area is 101 Å². The van der Waals surface area contributed by atoms with Crippen LogP contribution in [-0.2, 0) is 0 Å². The number of benzene rings is 1. The zero-order valence-corrected chi connectivity index (χ0v) is 10.4. The second-order valence-electron chi connectivity index (χ2n) is 5.26. The van der Waals surface area contributed by atoms with Crippen LogP contribution in [0.25, 0.3) is 11.0 Å². The van der Waals surface area contributed by atoms with E-state index in [1.54, 1.807) is 6.26 Å². The number of carbonyl (C=O) groups is 1. The van der Waals surface area contributed by atoms with Crippen molar-refractivity contribution in [2.45, 2.75) is 33.1 Å². The van der Waals surface area contributed by atoms with Gasteiger partial charge in [-0.2, -0.15) is 0 Å². The van der Waals surface area contributed by atoms with Crippen LogP contribution in [0.4, 0.5) is 0 Å². The molecule has 2 heteroatoms. The van der Waals surface area contributed by atoms with Gasteiger partial charge in [0, 0.05) is 16.9 Å². The van der Waals surface area contributed by atoms with E-state index in [0.717, 1.165) is 28.5 Å². The minimum Gasteiger partial charge on any atom is -0.464 e. The van der Waals surface area contributed by atoms with Crippen molar-refractivity contribution in [1.82, 2.24) is 0 Å². The molecule has 0 bridgehead atoms. The molecule has 0 unspecified atom stereocenters. The summed E-state index contributed by atoms with van der Waals surface area (Å²) in [6.07, 6.45) is 2.71. The van der Waals surface area contributed by atoms with E-state index < -0.39 is 0 Å². The topological polar surface area (TPSA) is 30.2 Å². The van der Waals surface area contributed by atoms with Gasteiger partial charge >= 0.3 is 0 Å². The number of hydrogen-bond acceptors (Lipinski definition) is 2. The van der Waals surface area contributed by atoms with Crippen LogP contribution >= 0.6 is 0 Å². The third-order valence-corrected chi connectivity index (χ3v) is 3.89. The fourth-order valence-corrected chi connectivity index (χ4v) is 2.87. The molecule has 3 rings (SSSR count). The fourth-order valence-electron chi connectivity index (χ4n) is 2.87. The average molecular weight is 228 g/mol. The molecule has 88 valence electrons. The van der Waals surface area contributed by atoms with Crippen molar-refractivity contribution >= 4 is 16.8 Å². The van der Waals surface area contributed by atoms with E-state index in [1.807, 2.05) is 19.9 Å². The molecule has 0 radical (unpaired) electrons. The van der Waals surface area contributed by atoms with Gasteiger partial charge in [0.1, 0.15) is 5.58 Å². The molecule has 1 aromatic carbocycles. The van der Waals surface area contributed by atoms with Crippen molar-refractivity contribution in [2.24, 2.45) is 5.92 Å². The van der Waals surface area contributed by atoms with Gasteiger partial charge in [-0.3, -0.25) is 4.79 Å². The van der Waals surface area contributed by atoms with Crippen LogP contribution in [0.2, 0.25) is 0 Å². The quantitative estimate of drug-likeness (QED) is 0.680. The Morgan fingerprint density at radius 3 is 2.76 bits per heavy atom. The summed E-state index contributed by atoms with van der Waals surface area (Å²) in [5.41, 5.74) is 4.01. The lowest BCUT2D eigenvalue weighted by atomic mass is 9.77. The molecule has 0 saturated carbocycles. The Hall–Kier alpha value is -1.57. The summed E-state index contributed by atoms with van der Waals surface area (Å²) in [6.45, 7) is 6.25. The molecule has 2 atom stereocenters. The Balaban J connectivity index is 2.31. The predicted octanol–water partition coefficient (Wildman–Crippen LogP) is 4.07. The highest BCUT2D eigenvalue weighted by Gasteiger charge is 2.29. The fraction of sp³-hybridized carbons (Fsp3) is 0.400. The maximum Gasteiger partial charge on any atom is 0.166 e. The van der Waals surface area contributed by atoms with Gasteiger partial charge in [0.25, 0.3) is 0 Å². The van der Waals surface area contributed by atoms with Crippen molar-refractivity contribution < 1.29 is 9.21 Å². The molecule has 0 fully saturated rings. The number of fused-ring (bicyclic) bond motifs is 2. The molecule has 0 aliphatic heterocycles. The van der Waals surface area contributed by atoms with Gasteiger partial charge in [-0.15, -0.1) is 0 Å². The summed E-state index contributed by atoms with van der Waals surface area (Å²) in [6, 6.07) is 4.06. The molecule has 2 nitrogen and oxygen atoms in total. The van der Waals surface area contributed by atoms with Gasteiger partial charge < -0.3 is 4.42 Å². The Morgan fingerprint density at radius 2 is 2.00 bits per heavy atom. The summed E-state index contributed by atoms with van der Waals surface area (Å²) >= 11 is 0. The van der Waals surface area contributed by atoms with Crippen LogP contribution in [-0.4, -0.2) is 5.78 Å². The zero-order chi connectivity index (χ0) is 12.2. The number of carbonyl (C=O) groups excluding carboxylic acids is 1. The highest BCUT2D eigenvalue weighted by molar-refractivity contribution is 6.03. The van der Waals surface area contributed by atoms with Crippen LogP contribution in [0.3, 0.4) is 0 Å². The SMILES string of the molecule is Cc1coc2cc3c(cc12)[C@@H](C)C[C@H](C)C3=O. The van der Waals surface area contributed by atoms with Crippen LogP contribution in [0.5, 0.6) is 0 Å². The van der Waals surface area contributed by atoms with Crippen LogP contribution in [0, 0.1) is 12.8 Å². The van der Waals surface area contributed by atoms with Crippen molar-refractivity contribution in [1.29, 1.82) is 0 Å². The van der Waals surface area contributed by atoms with Crippen molar-refractivity contribution in [3.8, 4) is 0 Å². The maximum atomic E-state index is 12.2. The van der Waals surface area contributed by atoms with E-state index in [0.29, 0.717) is 5.92 Å². The maximum absolute atomic E-state index is 12.2. The van der Waals surface area contributed by atoms with Gasteiger partial charge in [-0.1, -0.05) is 13.8 Å². The van der Waals surface area contributed by atoms with Gasteiger partial charge in [0.2, 0.25) is 0 Å². The molecule has 0 amide bonds. The highest BCUT2D eigenvalue weighted by atomic mass is 16.3. The highest BCUT2D eigenvalue weighted by Crippen LogP contribution is 2.37. The second-order valence-corrected chi connectivity index (χ2v) is 5.26. The standard InChI is InChI=1S/C15H16O2/c1-8-4-9(2)15(16)13-6-14-12(5-11(8)13)10(3)7-17-14/h5-9H,4H2,1-3H3/t8-,9-/m0/s1. The van der Waals surface area contributed by atoms with E-state index in [4.69, 9.17) is 4.42 Å². The summed E-state index contributed by atoms with van der Waals surface area (Å²) in [5.74, 6) is 0.844. The lowest BCUT2D eigenvalue weighted by molar-refractivity contribution is 0.0906. The molecule has 0 saturated heterocycles. The summed E-state index contributed by atoms with van der Waals surface area (Å²) in [5, 5.41) is 1.14. The van der Waals surface area contributed by atoms with Gasteiger partial charge in [0.05, 0.1) is 6.26 Å². The molecule has 1 aliphatic carbocycles. The molecule has 0 N–H and O–H groups in total. The van der Waals surface area contributed by atoms with Crippen molar-refractivity contribution in [2.75, 3.05) is 0 Å². The minimum absolute atomic E-state index is 0.131. The van der Waals surface area contributed by atoms with E-state index in [-0.39, 0.29) is 11.7 Å². The first-order valence-corrected chi connectivity index (χ1v) is 6.14. The van der Waals surface area contributed by atoms with Crippen molar-refractivity contribution in [3.05, 3.63) is 35.1 Å². The van der Waals surface area contributed by atoms with Crippen molar-refractivity contribution in [3.63, 3.8) is 0 Å². The lowest BCUT2D eigenvalue weighted by Crippen LogP contribution is -2.22. The Morgan fingerprint density at radius 1 is 1.24 bits per heavy atom. The molecule has 1 aliphatic rings. The molecule has 17 heavy (non-hydrogen) atoms. The van der Waals surface area contributed by atoms with Crippen LogP contribution in [0.15, 0.2) is 22.8 Å². The van der Waals surface area contributed by atoms with E-state index >= 15 is 0 Å². The summed E-state index contributed by atoms with van der Waals surface area (Å²) < 4.78 is 5.48. The largest absolute Gasteiger partial charge is 0.464 e. The van der Waals surface area contributed by atoms with E-state index in [9.17, 15) is 4.79 Å². The third kappa shape index (κ3) is 1.43. The number of ketones is 1. The number of hydrogen-bond donors (Lipinski definition) is 0. The number of aryl methyl sites for hydroxylation is 1. The summed E-state index contributed by atoms with van der Waals surface area (Å²) in [4.78, 5) is 12.2. The Kier molecular flexibility index (Phi) is 2.15. The minimum atomic E-state index is 0.131. The monoisotopic (exact) mass is 228 g/mol. The van der Waals surface area contributed by atoms with E-state index in [1.165, 1.54) is 5.56 Å². The number of furan rings is 1. The van der Waals surface area contributed by atoms with Crippen LogP contribution < -0.4 is 0 Å². The van der Waals surface area contributed by atoms with E-state index in [2.05, 4.69) is 13.0 Å². The first-order valence-electron chi connectivity index (χ1n) is 6.14. The number of Topliss-reactive ketones (excluding diaryl/α,β-unsaturated/α-hetero) is 1. The predicted molar refractivity (Wildman–Crippen MR) is 67.5 cm³/mol. The lowest BCUT2D eigenvalue weighted by Gasteiger charge is -2.26. The van der Waals surface area contributed by atoms with Crippen LogP contribution in [0.1, 0.15) is 47.7 Å². The zero-order valence-electron chi connectivity index (χ0n) is 10.4. The normalized spacial score (nSPS) is 24.1. The third-order valence-electron chi connectivity index (χ3n) is 3.89. The smallest absolute Gasteiger partial charge is 0.166 e. The van der Waals surface area contributed by atoms with Gasteiger partial charge in [-0.05, 0) is 42.5 Å².